The van der Waals surface area contributed by atoms with E-state index in [1.807, 2.05) is 6.07 Å². The van der Waals surface area contributed by atoms with E-state index in [1.54, 1.807) is 0 Å². The molecule has 0 aliphatic heterocycles. The second kappa shape index (κ2) is 6.55. The number of aromatic nitrogens is 1. The maximum absolute atomic E-state index is 11.9. The molecule has 19 heavy (non-hydrogen) atoms. The van der Waals surface area contributed by atoms with Crippen molar-refractivity contribution in [2.75, 3.05) is 0 Å². The van der Waals surface area contributed by atoms with Crippen molar-refractivity contribution >= 4 is 5.91 Å². The third-order valence-electron chi connectivity index (χ3n) is 3.30. The highest BCUT2D eigenvalue weighted by molar-refractivity contribution is 5.78. The Labute approximate surface area is 114 Å². The monoisotopic (exact) mass is 262 g/mol. The Morgan fingerprint density at radius 1 is 1.53 bits per heavy atom. The van der Waals surface area contributed by atoms with Crippen molar-refractivity contribution in [3.05, 3.63) is 29.7 Å². The van der Waals surface area contributed by atoms with Crippen molar-refractivity contribution in [1.29, 1.82) is 0 Å². The fourth-order valence-corrected chi connectivity index (χ4v) is 2.30. The highest BCUT2D eigenvalue weighted by Gasteiger charge is 2.18. The van der Waals surface area contributed by atoms with Crippen LogP contribution in [-0.2, 0) is 17.8 Å². The number of hydrogen-bond donors (Lipinski definition) is 1. The highest BCUT2D eigenvalue weighted by atomic mass is 16.5. The number of carbonyl (C=O) groups excluding carboxylic acids is 1. The van der Waals surface area contributed by atoms with E-state index in [1.165, 1.54) is 0 Å². The van der Waals surface area contributed by atoms with Crippen molar-refractivity contribution in [3.63, 3.8) is 0 Å². The molecule has 1 aromatic heterocycles. The second-order valence-corrected chi connectivity index (χ2v) is 5.58. The smallest absolute Gasteiger partial charge is 0.223 e. The van der Waals surface area contributed by atoms with Gasteiger partial charge in [-0.05, 0) is 31.6 Å². The molecule has 4 heteroatoms. The number of nitrogens with one attached hydrogen (secondary N) is 1. The first-order chi connectivity index (χ1) is 9.15. The molecule has 2 rings (SSSR count). The lowest BCUT2D eigenvalue weighted by Gasteiger charge is -2.16. The third kappa shape index (κ3) is 4.23. The fourth-order valence-electron chi connectivity index (χ4n) is 2.30. The van der Waals surface area contributed by atoms with E-state index in [2.05, 4.69) is 36.5 Å². The first-order valence-corrected chi connectivity index (χ1v) is 7.02. The van der Waals surface area contributed by atoms with Gasteiger partial charge in [0, 0.05) is 12.0 Å². The molecular weight excluding hydrogens is 240 g/mol. The summed E-state index contributed by atoms with van der Waals surface area (Å²) in [6, 6.07) is 1.93. The van der Waals surface area contributed by atoms with Crippen LogP contribution in [0.2, 0.25) is 0 Å². The molecule has 0 spiro atoms. The van der Waals surface area contributed by atoms with E-state index in [0.29, 0.717) is 12.5 Å². The molecule has 0 fully saturated rings. The molecule has 1 unspecified atom stereocenters. The van der Waals surface area contributed by atoms with Gasteiger partial charge in [-0.1, -0.05) is 31.2 Å². The number of hydrogen-bond acceptors (Lipinski definition) is 3. The zero-order chi connectivity index (χ0) is 13.7. The predicted octanol–water partition coefficient (Wildman–Crippen LogP) is 2.85. The van der Waals surface area contributed by atoms with Gasteiger partial charge in [0.1, 0.15) is 0 Å². The molecule has 4 nitrogen and oxygen atoms in total. The maximum atomic E-state index is 11.9. The van der Waals surface area contributed by atoms with E-state index >= 15 is 0 Å². The Bertz CT molecular complexity index is 449. The predicted molar refractivity (Wildman–Crippen MR) is 73.4 cm³/mol. The molecule has 1 amide bonds. The molecule has 1 atom stereocenters. The van der Waals surface area contributed by atoms with Crippen LogP contribution in [0.4, 0.5) is 0 Å². The van der Waals surface area contributed by atoms with Gasteiger partial charge in [-0.25, -0.2) is 0 Å². The van der Waals surface area contributed by atoms with Crippen molar-refractivity contribution in [2.45, 2.75) is 46.1 Å². The first-order valence-electron chi connectivity index (χ1n) is 7.02. The molecule has 0 bridgehead atoms. The number of allylic oxidation sites excluding steroid dienone is 2. The summed E-state index contributed by atoms with van der Waals surface area (Å²) in [5, 5.41) is 6.94. The Balaban J connectivity index is 1.79. The summed E-state index contributed by atoms with van der Waals surface area (Å²) in [7, 11) is 0. The van der Waals surface area contributed by atoms with Gasteiger partial charge in [0.05, 0.1) is 12.2 Å². The van der Waals surface area contributed by atoms with Crippen LogP contribution in [0, 0.1) is 11.8 Å². The summed E-state index contributed by atoms with van der Waals surface area (Å²) < 4.78 is 5.22. The van der Waals surface area contributed by atoms with Crippen molar-refractivity contribution in [3.8, 4) is 0 Å². The van der Waals surface area contributed by atoms with E-state index < -0.39 is 0 Å². The van der Waals surface area contributed by atoms with E-state index in [-0.39, 0.29) is 11.8 Å². The molecule has 1 aromatic rings. The van der Waals surface area contributed by atoms with Crippen molar-refractivity contribution < 1.29 is 9.32 Å². The molecule has 0 saturated heterocycles. The summed E-state index contributed by atoms with van der Waals surface area (Å²) in [4.78, 5) is 11.9. The van der Waals surface area contributed by atoms with Gasteiger partial charge in [0.25, 0.3) is 0 Å². The molecule has 1 aliphatic carbocycles. The van der Waals surface area contributed by atoms with Gasteiger partial charge in [-0.3, -0.25) is 4.79 Å². The lowest BCUT2D eigenvalue weighted by Crippen LogP contribution is -2.30. The van der Waals surface area contributed by atoms with Crippen molar-refractivity contribution in [1.82, 2.24) is 10.5 Å². The van der Waals surface area contributed by atoms with Crippen LogP contribution in [0.1, 0.15) is 44.6 Å². The van der Waals surface area contributed by atoms with Gasteiger partial charge in [-0.15, -0.1) is 0 Å². The molecule has 0 saturated carbocycles. The van der Waals surface area contributed by atoms with Gasteiger partial charge < -0.3 is 9.84 Å². The van der Waals surface area contributed by atoms with Gasteiger partial charge in [0.2, 0.25) is 5.91 Å². The van der Waals surface area contributed by atoms with Crippen molar-refractivity contribution in [2.24, 2.45) is 11.8 Å². The van der Waals surface area contributed by atoms with Crippen LogP contribution < -0.4 is 5.32 Å². The van der Waals surface area contributed by atoms with E-state index in [9.17, 15) is 4.79 Å². The minimum absolute atomic E-state index is 0.114. The average Bonchev–Trinajstić information content (AvgIpc) is 2.84. The molecular formula is C15H22N2O2. The quantitative estimate of drug-likeness (QED) is 0.830. The first kappa shape index (κ1) is 13.8. The Morgan fingerprint density at radius 2 is 2.37 bits per heavy atom. The van der Waals surface area contributed by atoms with Crippen LogP contribution >= 0.6 is 0 Å². The Morgan fingerprint density at radius 3 is 3.05 bits per heavy atom. The van der Waals surface area contributed by atoms with Crippen LogP contribution in [0.5, 0.6) is 0 Å². The summed E-state index contributed by atoms with van der Waals surface area (Å²) in [6.45, 7) is 4.73. The van der Waals surface area contributed by atoms with E-state index in [4.69, 9.17) is 4.52 Å². The zero-order valence-corrected chi connectivity index (χ0v) is 11.7. The SMILES string of the molecule is CC(C)Cc1cc(CNC(=O)C2CC=CCC2)on1. The standard InChI is InChI=1S/C15H22N2O2/c1-11(2)8-13-9-14(19-17-13)10-16-15(18)12-6-4-3-5-7-12/h3-4,9,11-12H,5-8,10H2,1-2H3,(H,16,18). The number of carbonyl (C=O) groups is 1. The Kier molecular flexibility index (Phi) is 4.77. The van der Waals surface area contributed by atoms with Gasteiger partial charge in [-0.2, -0.15) is 0 Å². The number of nitrogens with zero attached hydrogens (tertiary/aromatic N) is 1. The molecule has 1 N–H and O–H groups in total. The highest BCUT2D eigenvalue weighted by Crippen LogP contribution is 2.18. The summed E-state index contributed by atoms with van der Waals surface area (Å²) in [5.41, 5.74) is 0.958. The van der Waals surface area contributed by atoms with Crippen LogP contribution in [0.25, 0.3) is 0 Å². The largest absolute Gasteiger partial charge is 0.359 e. The van der Waals surface area contributed by atoms with E-state index in [0.717, 1.165) is 37.1 Å². The van der Waals surface area contributed by atoms with Crippen LogP contribution in [0.15, 0.2) is 22.7 Å². The minimum Gasteiger partial charge on any atom is -0.359 e. The Hall–Kier alpha value is -1.58. The van der Waals surface area contributed by atoms with Gasteiger partial charge >= 0.3 is 0 Å². The number of rotatable bonds is 5. The molecule has 0 aromatic carbocycles. The normalized spacial score (nSPS) is 18.8. The molecule has 104 valence electrons. The van der Waals surface area contributed by atoms with Crippen LogP contribution in [-0.4, -0.2) is 11.1 Å². The summed E-state index contributed by atoms with van der Waals surface area (Å²) >= 11 is 0. The third-order valence-corrected chi connectivity index (χ3v) is 3.30. The minimum atomic E-state index is 0.114. The molecule has 0 radical (unpaired) electrons. The topological polar surface area (TPSA) is 55.1 Å². The summed E-state index contributed by atoms with van der Waals surface area (Å²) in [5.74, 6) is 1.52. The molecule has 1 heterocycles. The zero-order valence-electron chi connectivity index (χ0n) is 11.7. The second-order valence-electron chi connectivity index (χ2n) is 5.58. The lowest BCUT2D eigenvalue weighted by atomic mass is 9.94. The molecule has 1 aliphatic rings. The fraction of sp³-hybridized carbons (Fsp3) is 0.600. The average molecular weight is 262 g/mol. The summed E-state index contributed by atoms with van der Waals surface area (Å²) in [6.07, 6.45) is 7.92. The lowest BCUT2D eigenvalue weighted by molar-refractivity contribution is -0.125. The maximum Gasteiger partial charge on any atom is 0.223 e. The van der Waals surface area contributed by atoms with Gasteiger partial charge in [0.15, 0.2) is 5.76 Å². The number of amides is 1. The van der Waals surface area contributed by atoms with Crippen LogP contribution in [0.3, 0.4) is 0 Å².